The van der Waals surface area contributed by atoms with Gasteiger partial charge in [0.15, 0.2) is 11.4 Å². The van der Waals surface area contributed by atoms with Crippen LogP contribution in [0.1, 0.15) is 25.6 Å². The highest BCUT2D eigenvalue weighted by atomic mass is 79.9. The van der Waals surface area contributed by atoms with E-state index in [4.69, 9.17) is 16.0 Å². The Kier molecular flexibility index (Phi) is 3.76. The summed E-state index contributed by atoms with van der Waals surface area (Å²) in [4.78, 5) is 0. The van der Waals surface area contributed by atoms with Crippen molar-refractivity contribution in [2.75, 3.05) is 6.54 Å². The summed E-state index contributed by atoms with van der Waals surface area (Å²) in [5.74, 6) is 0.257. The zero-order chi connectivity index (χ0) is 12.6. The molecule has 1 N–H and O–H groups in total. The molecule has 5 heteroatoms. The van der Waals surface area contributed by atoms with E-state index >= 15 is 0 Å². The summed E-state index contributed by atoms with van der Waals surface area (Å²) in [6.45, 7) is 4.80. The van der Waals surface area contributed by atoms with E-state index in [1.807, 2.05) is 13.8 Å². The van der Waals surface area contributed by atoms with Crippen LogP contribution in [0.15, 0.2) is 21.0 Å². The van der Waals surface area contributed by atoms with Gasteiger partial charge in [-0.25, -0.2) is 4.39 Å². The lowest BCUT2D eigenvalue weighted by Gasteiger charge is -2.07. The molecule has 0 aliphatic carbocycles. The number of fused-ring (bicyclic) bond motifs is 1. The van der Waals surface area contributed by atoms with Crippen molar-refractivity contribution in [3.8, 4) is 0 Å². The van der Waals surface area contributed by atoms with E-state index in [9.17, 15) is 4.39 Å². The SMILES string of the molecule is CCNC(C)c1cc2c(F)c(Cl)cc(Br)c2o1. The summed E-state index contributed by atoms with van der Waals surface area (Å²) in [5, 5.41) is 3.71. The predicted molar refractivity (Wildman–Crippen MR) is 71.0 cm³/mol. The average Bonchev–Trinajstić information content (AvgIpc) is 2.72. The van der Waals surface area contributed by atoms with Crippen LogP contribution in [0.25, 0.3) is 11.0 Å². The number of hydrogen-bond donors (Lipinski definition) is 1. The minimum absolute atomic E-state index is 0.0393. The molecule has 1 unspecified atom stereocenters. The molecule has 1 aromatic heterocycles. The Balaban J connectivity index is 2.57. The first-order valence-electron chi connectivity index (χ1n) is 5.35. The lowest BCUT2D eigenvalue weighted by Crippen LogP contribution is -2.16. The van der Waals surface area contributed by atoms with Crippen molar-refractivity contribution >= 4 is 38.5 Å². The number of hydrogen-bond acceptors (Lipinski definition) is 2. The van der Waals surface area contributed by atoms with E-state index in [1.165, 1.54) is 6.07 Å². The Morgan fingerprint density at radius 3 is 2.88 bits per heavy atom. The molecule has 0 saturated heterocycles. The third-order valence-electron chi connectivity index (χ3n) is 2.60. The summed E-state index contributed by atoms with van der Waals surface area (Å²) < 4.78 is 20.1. The third-order valence-corrected chi connectivity index (χ3v) is 3.47. The van der Waals surface area contributed by atoms with E-state index in [0.717, 1.165) is 6.54 Å². The average molecular weight is 321 g/mol. The van der Waals surface area contributed by atoms with Gasteiger partial charge in [0, 0.05) is 0 Å². The van der Waals surface area contributed by atoms with Crippen molar-refractivity contribution in [1.82, 2.24) is 5.32 Å². The number of rotatable bonds is 3. The first-order chi connectivity index (χ1) is 8.04. The van der Waals surface area contributed by atoms with Crippen molar-refractivity contribution in [2.45, 2.75) is 19.9 Å². The first kappa shape index (κ1) is 12.9. The summed E-state index contributed by atoms with van der Waals surface area (Å²) >= 11 is 9.10. The monoisotopic (exact) mass is 319 g/mol. The Morgan fingerprint density at radius 2 is 2.24 bits per heavy atom. The van der Waals surface area contributed by atoms with E-state index < -0.39 is 5.82 Å². The van der Waals surface area contributed by atoms with Gasteiger partial charge in [-0.1, -0.05) is 18.5 Å². The molecule has 0 bridgehead atoms. The minimum Gasteiger partial charge on any atom is -0.458 e. The van der Waals surface area contributed by atoms with Gasteiger partial charge >= 0.3 is 0 Å². The van der Waals surface area contributed by atoms with Gasteiger partial charge in [-0.3, -0.25) is 0 Å². The molecule has 1 atom stereocenters. The largest absolute Gasteiger partial charge is 0.458 e. The van der Waals surface area contributed by atoms with Crippen molar-refractivity contribution in [2.24, 2.45) is 0 Å². The molecule has 0 aliphatic heterocycles. The van der Waals surface area contributed by atoms with Gasteiger partial charge in [0.1, 0.15) is 5.76 Å². The molecule has 2 rings (SSSR count). The molecule has 17 heavy (non-hydrogen) atoms. The molecule has 0 aliphatic rings. The Hall–Kier alpha value is -0.580. The summed E-state index contributed by atoms with van der Waals surface area (Å²) in [7, 11) is 0. The maximum Gasteiger partial charge on any atom is 0.152 e. The minimum atomic E-state index is -0.441. The molecule has 2 aromatic rings. The van der Waals surface area contributed by atoms with Crippen molar-refractivity contribution in [3.05, 3.63) is 33.2 Å². The van der Waals surface area contributed by atoms with Gasteiger partial charge in [-0.15, -0.1) is 0 Å². The highest BCUT2D eigenvalue weighted by Crippen LogP contribution is 2.35. The molecule has 92 valence electrons. The second-order valence-electron chi connectivity index (χ2n) is 3.83. The lowest BCUT2D eigenvalue weighted by atomic mass is 10.2. The Bertz CT molecular complexity index is 555. The molecule has 0 amide bonds. The van der Waals surface area contributed by atoms with E-state index in [0.29, 0.717) is 21.2 Å². The zero-order valence-electron chi connectivity index (χ0n) is 9.48. The van der Waals surface area contributed by atoms with Gasteiger partial charge in [0.2, 0.25) is 0 Å². The quantitative estimate of drug-likeness (QED) is 0.832. The van der Waals surface area contributed by atoms with Crippen LogP contribution in [-0.4, -0.2) is 6.54 Å². The molecule has 0 spiro atoms. The van der Waals surface area contributed by atoms with Gasteiger partial charge in [-0.2, -0.15) is 0 Å². The summed E-state index contributed by atoms with van der Waals surface area (Å²) in [5.41, 5.74) is 0.492. The van der Waals surface area contributed by atoms with E-state index in [-0.39, 0.29) is 11.1 Å². The molecule has 1 aromatic carbocycles. The van der Waals surface area contributed by atoms with E-state index in [1.54, 1.807) is 6.07 Å². The van der Waals surface area contributed by atoms with Crippen molar-refractivity contribution in [1.29, 1.82) is 0 Å². The van der Waals surface area contributed by atoms with E-state index in [2.05, 4.69) is 21.2 Å². The Morgan fingerprint density at radius 1 is 1.53 bits per heavy atom. The predicted octanol–water partition coefficient (Wildman–Crippen LogP) is 4.66. The van der Waals surface area contributed by atoms with Gasteiger partial charge < -0.3 is 9.73 Å². The fraction of sp³-hybridized carbons (Fsp3) is 0.333. The maximum absolute atomic E-state index is 13.8. The highest BCUT2D eigenvalue weighted by molar-refractivity contribution is 9.10. The van der Waals surface area contributed by atoms with Crippen molar-refractivity contribution < 1.29 is 8.81 Å². The molecule has 2 nitrogen and oxygen atoms in total. The fourth-order valence-electron chi connectivity index (χ4n) is 1.74. The van der Waals surface area contributed by atoms with Crippen LogP contribution in [0.3, 0.4) is 0 Å². The van der Waals surface area contributed by atoms with Crippen LogP contribution in [0.2, 0.25) is 5.02 Å². The zero-order valence-corrected chi connectivity index (χ0v) is 11.8. The number of benzene rings is 1. The molecular weight excluding hydrogens is 308 g/mol. The van der Waals surface area contributed by atoms with Crippen molar-refractivity contribution in [3.63, 3.8) is 0 Å². The first-order valence-corrected chi connectivity index (χ1v) is 6.52. The van der Waals surface area contributed by atoms with Gasteiger partial charge in [0.25, 0.3) is 0 Å². The summed E-state index contributed by atoms with van der Waals surface area (Å²) in [6, 6.07) is 3.23. The maximum atomic E-state index is 13.8. The van der Waals surface area contributed by atoms with Crippen LogP contribution in [0.4, 0.5) is 4.39 Å². The topological polar surface area (TPSA) is 25.2 Å². The molecule has 0 fully saturated rings. The lowest BCUT2D eigenvalue weighted by molar-refractivity contribution is 0.458. The molecule has 0 radical (unpaired) electrons. The van der Waals surface area contributed by atoms with Crippen LogP contribution in [0, 0.1) is 5.82 Å². The molecule has 0 saturated carbocycles. The van der Waals surface area contributed by atoms with Crippen LogP contribution < -0.4 is 5.32 Å². The number of furan rings is 1. The number of nitrogens with one attached hydrogen (secondary N) is 1. The normalized spacial score (nSPS) is 13.2. The fourth-order valence-corrected chi connectivity index (χ4v) is 2.61. The summed E-state index contributed by atoms with van der Waals surface area (Å²) in [6.07, 6.45) is 0. The van der Waals surface area contributed by atoms with Gasteiger partial charge in [0.05, 0.1) is 20.9 Å². The third kappa shape index (κ3) is 2.34. The molecular formula is C12H12BrClFNO. The standard InChI is InChI=1S/C12H12BrClFNO/c1-3-16-6(2)10-4-7-11(15)9(14)5-8(13)12(7)17-10/h4-6,16H,3H2,1-2H3. The highest BCUT2D eigenvalue weighted by Gasteiger charge is 2.17. The smallest absolute Gasteiger partial charge is 0.152 e. The van der Waals surface area contributed by atoms with Gasteiger partial charge in [-0.05, 0) is 41.5 Å². The second-order valence-corrected chi connectivity index (χ2v) is 5.09. The second kappa shape index (κ2) is 4.96. The van der Waals surface area contributed by atoms with Crippen LogP contribution in [0.5, 0.6) is 0 Å². The molecule has 1 heterocycles. The van der Waals surface area contributed by atoms with Crippen LogP contribution in [-0.2, 0) is 0 Å². The number of halogens is 3. The Labute approximate surface area is 112 Å². The van der Waals surface area contributed by atoms with Crippen LogP contribution >= 0.6 is 27.5 Å².